The van der Waals surface area contributed by atoms with Gasteiger partial charge in [-0.1, -0.05) is 6.92 Å². The summed E-state index contributed by atoms with van der Waals surface area (Å²) in [5.74, 6) is 2.82. The number of hydrogen-bond donors (Lipinski definition) is 1. The van der Waals surface area contributed by atoms with Crippen molar-refractivity contribution in [3.8, 4) is 0 Å². The van der Waals surface area contributed by atoms with Gasteiger partial charge in [0, 0.05) is 5.92 Å². The van der Waals surface area contributed by atoms with Crippen LogP contribution in [0.4, 0.5) is 13.2 Å². The highest BCUT2D eigenvalue weighted by Gasteiger charge is 2.58. The van der Waals surface area contributed by atoms with E-state index in [1.807, 2.05) is 6.92 Å². The first kappa shape index (κ1) is 24.1. The molecule has 0 aliphatic heterocycles. The third kappa shape index (κ3) is 4.16. The normalized spacial score (nSPS) is 42.1. The van der Waals surface area contributed by atoms with Crippen LogP contribution in [0, 0.1) is 40.9 Å². The lowest BCUT2D eigenvalue weighted by atomic mass is 9.49. The zero-order valence-electron chi connectivity index (χ0n) is 20.1. The Labute approximate surface area is 197 Å². The highest BCUT2D eigenvalue weighted by molar-refractivity contribution is 5.82. The average Bonchev–Trinajstić information content (AvgIpc) is 3.26. The zero-order chi connectivity index (χ0) is 24.5. The maximum absolute atomic E-state index is 13.3. The lowest BCUT2D eigenvalue weighted by Crippen LogP contribution is -2.51. The number of halogens is 3. The predicted molar refractivity (Wildman–Crippen MR) is 119 cm³/mol. The maximum Gasteiger partial charge on any atom is 0.408 e. The van der Waals surface area contributed by atoms with E-state index in [9.17, 15) is 27.9 Å². The van der Waals surface area contributed by atoms with Gasteiger partial charge < -0.3 is 5.11 Å². The molecule has 0 unspecified atom stereocenters. The maximum atomic E-state index is 13.3. The minimum Gasteiger partial charge on any atom is -0.390 e. The fourth-order valence-electron chi connectivity index (χ4n) is 8.65. The van der Waals surface area contributed by atoms with Gasteiger partial charge in [-0.15, -0.1) is 0 Å². The van der Waals surface area contributed by atoms with Crippen LogP contribution in [0.25, 0.3) is 0 Å². The number of alkyl halides is 3. The second kappa shape index (κ2) is 8.20. The Morgan fingerprint density at radius 3 is 2.56 bits per heavy atom. The van der Waals surface area contributed by atoms with Crippen LogP contribution in [0.5, 0.6) is 0 Å². The van der Waals surface area contributed by atoms with Gasteiger partial charge in [0.15, 0.2) is 5.78 Å². The van der Waals surface area contributed by atoms with Gasteiger partial charge in [-0.3, -0.25) is 9.36 Å². The number of hydrogen-bond acceptors (Lipinski definition) is 4. The number of ketones is 1. The first-order valence-corrected chi connectivity index (χ1v) is 12.8. The molecule has 1 N–H and O–H groups in total. The van der Waals surface area contributed by atoms with Gasteiger partial charge in [-0.05, 0) is 99.7 Å². The summed E-state index contributed by atoms with van der Waals surface area (Å²) in [4.78, 5) is 25.7. The largest absolute Gasteiger partial charge is 0.408 e. The minimum absolute atomic E-state index is 0.0560. The van der Waals surface area contributed by atoms with E-state index >= 15 is 0 Å². The monoisotopic (exact) mass is 483 g/mol. The number of carbonyl (C=O) groups excluding carboxylic acids is 1. The van der Waals surface area contributed by atoms with Crippen molar-refractivity contribution in [3.05, 3.63) is 16.8 Å². The third-order valence-corrected chi connectivity index (χ3v) is 10.1. The van der Waals surface area contributed by atoms with Gasteiger partial charge in [0.25, 0.3) is 0 Å². The fraction of sp³-hybridized carbons (Fsp3) is 0.880. The Morgan fingerprint density at radius 2 is 1.82 bits per heavy atom. The van der Waals surface area contributed by atoms with Crippen LogP contribution >= 0.6 is 0 Å². The summed E-state index contributed by atoms with van der Waals surface area (Å²) in [7, 11) is 0. The summed E-state index contributed by atoms with van der Waals surface area (Å²) >= 11 is 0. The number of nitrogens with zero attached hydrogens (tertiary/aromatic N) is 3. The van der Waals surface area contributed by atoms with Crippen molar-refractivity contribution in [2.45, 2.75) is 96.5 Å². The van der Waals surface area contributed by atoms with Crippen molar-refractivity contribution in [2.75, 3.05) is 0 Å². The molecule has 4 fully saturated rings. The molecule has 5 rings (SSSR count). The second-order valence-electron chi connectivity index (χ2n) is 12.1. The van der Waals surface area contributed by atoms with E-state index in [1.165, 1.54) is 0 Å². The van der Waals surface area contributed by atoms with Crippen molar-refractivity contribution in [1.29, 1.82) is 0 Å². The summed E-state index contributed by atoms with van der Waals surface area (Å²) in [5, 5.41) is 14.1. The molecule has 9 heteroatoms. The molecule has 6 nitrogen and oxygen atoms in total. The molecule has 0 amide bonds. The molecule has 0 spiro atoms. The molecule has 0 bridgehead atoms. The Hall–Kier alpha value is -1.64. The van der Waals surface area contributed by atoms with E-state index in [4.69, 9.17) is 0 Å². The first-order chi connectivity index (χ1) is 15.9. The van der Waals surface area contributed by atoms with Gasteiger partial charge in [0.1, 0.15) is 12.9 Å². The number of carbonyl (C=O) groups is 1. The SMILES string of the molecule is C[C@@]1(O)CC[C@H]2[C@H](CC[C@@H]3[C@@H]2CC[C@]2(C)[C@@H](C(=O)Cn4cnn(CC(F)(F)F)c4=O)CC[C@@H]32)C1. The summed E-state index contributed by atoms with van der Waals surface area (Å²) < 4.78 is 39.4. The van der Waals surface area contributed by atoms with Crippen LogP contribution in [0.3, 0.4) is 0 Å². The van der Waals surface area contributed by atoms with Gasteiger partial charge >= 0.3 is 11.9 Å². The molecule has 0 saturated heterocycles. The van der Waals surface area contributed by atoms with E-state index in [0.717, 1.165) is 68.7 Å². The molecular weight excluding hydrogens is 447 g/mol. The standard InChI is InChI=1S/C25H36F3N3O3/c1-23(34)9-7-16-15(11-23)3-4-18-17(16)8-10-24(2)19(18)5-6-20(24)21(32)12-30-14-29-31(22(30)33)13-25(26,27)28/h14-20,34H,3-13H2,1-2H3/t15-,16+,17-,18-,19+,20-,23-,24+/m1/s1. The Balaban J connectivity index is 1.29. The molecule has 8 atom stereocenters. The van der Waals surface area contributed by atoms with Crippen LogP contribution in [0.1, 0.15) is 71.6 Å². The van der Waals surface area contributed by atoms with Crippen molar-refractivity contribution in [1.82, 2.24) is 14.3 Å². The molecule has 4 aliphatic carbocycles. The summed E-state index contributed by atoms with van der Waals surface area (Å²) in [6.45, 7) is 2.55. The fourth-order valence-corrected chi connectivity index (χ4v) is 8.65. The number of rotatable bonds is 4. The summed E-state index contributed by atoms with van der Waals surface area (Å²) in [6, 6.07) is 0. The van der Waals surface area contributed by atoms with Crippen LogP contribution in [-0.4, -0.2) is 37.0 Å². The van der Waals surface area contributed by atoms with Crippen LogP contribution < -0.4 is 5.69 Å². The van der Waals surface area contributed by atoms with Crippen LogP contribution in [0.2, 0.25) is 0 Å². The molecule has 4 saturated carbocycles. The molecule has 190 valence electrons. The quantitative estimate of drug-likeness (QED) is 0.697. The van der Waals surface area contributed by atoms with Crippen molar-refractivity contribution in [3.63, 3.8) is 0 Å². The zero-order valence-corrected chi connectivity index (χ0v) is 20.1. The molecular formula is C25H36F3N3O3. The molecule has 0 radical (unpaired) electrons. The van der Waals surface area contributed by atoms with Crippen LogP contribution in [-0.2, 0) is 17.9 Å². The Morgan fingerprint density at radius 1 is 1.09 bits per heavy atom. The van der Waals surface area contributed by atoms with E-state index in [2.05, 4.69) is 12.0 Å². The third-order valence-electron chi connectivity index (χ3n) is 10.1. The molecule has 34 heavy (non-hydrogen) atoms. The number of Topliss-reactive ketones (excluding diaryl/α,β-unsaturated/α-hetero) is 1. The molecule has 1 heterocycles. The van der Waals surface area contributed by atoms with Gasteiger partial charge in [0.05, 0.1) is 12.1 Å². The Kier molecular flexibility index (Phi) is 5.81. The summed E-state index contributed by atoms with van der Waals surface area (Å²) in [5.41, 5.74) is -1.54. The van der Waals surface area contributed by atoms with E-state index in [-0.39, 0.29) is 23.7 Å². The van der Waals surface area contributed by atoms with E-state index < -0.39 is 24.0 Å². The van der Waals surface area contributed by atoms with Crippen molar-refractivity contribution in [2.24, 2.45) is 40.9 Å². The molecule has 1 aromatic rings. The van der Waals surface area contributed by atoms with Gasteiger partial charge in [-0.2, -0.15) is 18.3 Å². The van der Waals surface area contributed by atoms with Crippen molar-refractivity contribution < 1.29 is 23.1 Å². The average molecular weight is 484 g/mol. The topological polar surface area (TPSA) is 77.1 Å². The first-order valence-electron chi connectivity index (χ1n) is 12.8. The van der Waals surface area contributed by atoms with E-state index in [1.54, 1.807) is 0 Å². The highest BCUT2D eigenvalue weighted by Crippen LogP contribution is 2.64. The van der Waals surface area contributed by atoms with Crippen molar-refractivity contribution >= 4 is 5.78 Å². The lowest BCUT2D eigenvalue weighted by Gasteiger charge is -2.56. The summed E-state index contributed by atoms with van der Waals surface area (Å²) in [6.07, 6.45) is 5.58. The highest BCUT2D eigenvalue weighted by atomic mass is 19.4. The lowest BCUT2D eigenvalue weighted by molar-refractivity contribution is -0.143. The number of fused-ring (bicyclic) bond motifs is 5. The minimum atomic E-state index is -4.54. The predicted octanol–water partition coefficient (Wildman–Crippen LogP) is 4.20. The van der Waals surface area contributed by atoms with Crippen LogP contribution in [0.15, 0.2) is 11.1 Å². The molecule has 1 aromatic heterocycles. The Bertz CT molecular complexity index is 1000. The second-order valence-corrected chi connectivity index (χ2v) is 12.1. The smallest absolute Gasteiger partial charge is 0.390 e. The number of aliphatic hydroxyl groups is 1. The molecule has 0 aromatic carbocycles. The van der Waals surface area contributed by atoms with E-state index in [0.29, 0.717) is 34.3 Å². The molecule has 4 aliphatic rings. The number of aromatic nitrogens is 3. The van der Waals surface area contributed by atoms with Gasteiger partial charge in [0.2, 0.25) is 0 Å². The van der Waals surface area contributed by atoms with Gasteiger partial charge in [-0.25, -0.2) is 9.48 Å².